The SMILES string of the molecule is Nc1nc(COc2ccccc2F)nc(Nc2ccc(F)cc2)n1. The van der Waals surface area contributed by atoms with Gasteiger partial charge in [-0.1, -0.05) is 12.1 Å². The van der Waals surface area contributed by atoms with Crippen LogP contribution in [-0.4, -0.2) is 15.0 Å². The molecule has 3 rings (SSSR count). The molecule has 3 N–H and O–H groups in total. The quantitative estimate of drug-likeness (QED) is 0.748. The molecule has 0 saturated heterocycles. The van der Waals surface area contributed by atoms with E-state index in [0.717, 1.165) is 0 Å². The van der Waals surface area contributed by atoms with E-state index in [-0.39, 0.29) is 35.9 Å². The van der Waals surface area contributed by atoms with Gasteiger partial charge in [0.05, 0.1) is 0 Å². The van der Waals surface area contributed by atoms with Crippen LogP contribution in [0.4, 0.5) is 26.4 Å². The monoisotopic (exact) mass is 329 g/mol. The zero-order chi connectivity index (χ0) is 16.9. The normalized spacial score (nSPS) is 10.4. The number of ether oxygens (including phenoxy) is 1. The van der Waals surface area contributed by atoms with Crippen molar-refractivity contribution in [1.29, 1.82) is 0 Å². The summed E-state index contributed by atoms with van der Waals surface area (Å²) in [7, 11) is 0. The number of halogens is 2. The summed E-state index contributed by atoms with van der Waals surface area (Å²) >= 11 is 0. The largest absolute Gasteiger partial charge is 0.483 e. The number of anilines is 3. The Morgan fingerprint density at radius 2 is 1.71 bits per heavy atom. The van der Waals surface area contributed by atoms with E-state index in [0.29, 0.717) is 5.69 Å². The van der Waals surface area contributed by atoms with Gasteiger partial charge in [-0.15, -0.1) is 0 Å². The second kappa shape index (κ2) is 6.86. The summed E-state index contributed by atoms with van der Waals surface area (Å²) in [5, 5.41) is 2.88. The molecule has 24 heavy (non-hydrogen) atoms. The van der Waals surface area contributed by atoms with Gasteiger partial charge < -0.3 is 15.8 Å². The second-order valence-electron chi connectivity index (χ2n) is 4.78. The first kappa shape index (κ1) is 15.6. The highest BCUT2D eigenvalue weighted by Crippen LogP contribution is 2.18. The molecule has 0 saturated carbocycles. The van der Waals surface area contributed by atoms with Gasteiger partial charge in [-0.2, -0.15) is 15.0 Å². The maximum Gasteiger partial charge on any atom is 0.232 e. The van der Waals surface area contributed by atoms with Crippen molar-refractivity contribution in [3.05, 3.63) is 66.0 Å². The summed E-state index contributed by atoms with van der Waals surface area (Å²) in [4.78, 5) is 12.0. The number of rotatable bonds is 5. The lowest BCUT2D eigenvalue weighted by atomic mass is 10.3. The van der Waals surface area contributed by atoms with E-state index in [9.17, 15) is 8.78 Å². The van der Waals surface area contributed by atoms with Crippen molar-refractivity contribution in [3.63, 3.8) is 0 Å². The van der Waals surface area contributed by atoms with Crippen LogP contribution in [0, 0.1) is 11.6 Å². The fourth-order valence-corrected chi connectivity index (χ4v) is 1.92. The minimum atomic E-state index is -0.482. The van der Waals surface area contributed by atoms with Crippen LogP contribution < -0.4 is 15.8 Å². The second-order valence-corrected chi connectivity index (χ2v) is 4.78. The van der Waals surface area contributed by atoms with Gasteiger partial charge in [0, 0.05) is 5.69 Å². The number of nitrogens with two attached hydrogens (primary N) is 1. The van der Waals surface area contributed by atoms with Crippen LogP contribution in [-0.2, 0) is 6.61 Å². The zero-order valence-electron chi connectivity index (χ0n) is 12.4. The summed E-state index contributed by atoms with van der Waals surface area (Å²) in [5.74, 6) is -0.346. The van der Waals surface area contributed by atoms with E-state index in [1.807, 2.05) is 0 Å². The molecule has 0 unspecified atom stereocenters. The van der Waals surface area contributed by atoms with Crippen LogP contribution in [0.5, 0.6) is 5.75 Å². The number of aromatic nitrogens is 3. The summed E-state index contributed by atoms with van der Waals surface area (Å²) in [6, 6.07) is 11.7. The Morgan fingerprint density at radius 3 is 2.46 bits per heavy atom. The average molecular weight is 329 g/mol. The third-order valence-corrected chi connectivity index (χ3v) is 2.99. The van der Waals surface area contributed by atoms with Crippen LogP contribution in [0.15, 0.2) is 48.5 Å². The van der Waals surface area contributed by atoms with Gasteiger partial charge in [0.1, 0.15) is 12.4 Å². The topological polar surface area (TPSA) is 86.0 Å². The van der Waals surface area contributed by atoms with Crippen molar-refractivity contribution < 1.29 is 13.5 Å². The van der Waals surface area contributed by atoms with Gasteiger partial charge in [-0.05, 0) is 36.4 Å². The Morgan fingerprint density at radius 1 is 0.958 bits per heavy atom. The molecule has 0 aliphatic heterocycles. The van der Waals surface area contributed by atoms with Crippen molar-refractivity contribution in [2.75, 3.05) is 11.1 Å². The fourth-order valence-electron chi connectivity index (χ4n) is 1.92. The Bertz CT molecular complexity index is 842. The lowest BCUT2D eigenvalue weighted by Gasteiger charge is -2.09. The number of hydrogen-bond acceptors (Lipinski definition) is 6. The highest BCUT2D eigenvalue weighted by atomic mass is 19.1. The summed E-state index contributed by atoms with van der Waals surface area (Å²) in [6.45, 7) is -0.0776. The van der Waals surface area contributed by atoms with Crippen molar-refractivity contribution in [2.24, 2.45) is 0 Å². The standard InChI is InChI=1S/C16H13F2N5O/c17-10-5-7-11(8-6-10)20-16-22-14(21-15(19)23-16)9-24-13-4-2-1-3-12(13)18/h1-8H,9H2,(H3,19,20,21,22,23). The van der Waals surface area contributed by atoms with Crippen LogP contribution >= 0.6 is 0 Å². The van der Waals surface area contributed by atoms with Gasteiger partial charge in [0.2, 0.25) is 11.9 Å². The molecule has 0 aliphatic rings. The molecule has 2 aromatic carbocycles. The molecule has 0 amide bonds. The fraction of sp³-hybridized carbons (Fsp3) is 0.0625. The Balaban J connectivity index is 1.74. The molecule has 3 aromatic rings. The first-order valence-corrected chi connectivity index (χ1v) is 7.00. The van der Waals surface area contributed by atoms with Crippen molar-refractivity contribution in [2.45, 2.75) is 6.61 Å². The average Bonchev–Trinajstić information content (AvgIpc) is 2.56. The molecule has 0 aliphatic carbocycles. The predicted octanol–water partition coefficient (Wildman–Crippen LogP) is 3.05. The van der Waals surface area contributed by atoms with E-state index in [4.69, 9.17) is 10.5 Å². The molecule has 6 nitrogen and oxygen atoms in total. The van der Waals surface area contributed by atoms with Gasteiger partial charge in [-0.25, -0.2) is 8.78 Å². The maximum atomic E-state index is 13.5. The van der Waals surface area contributed by atoms with E-state index < -0.39 is 5.82 Å². The number of hydrogen-bond donors (Lipinski definition) is 2. The molecule has 0 atom stereocenters. The molecule has 0 fully saturated rings. The van der Waals surface area contributed by atoms with Gasteiger partial charge in [0.25, 0.3) is 0 Å². The van der Waals surface area contributed by atoms with Gasteiger partial charge >= 0.3 is 0 Å². The van der Waals surface area contributed by atoms with Crippen molar-refractivity contribution in [3.8, 4) is 5.75 Å². The number of nitrogens with one attached hydrogen (secondary N) is 1. The van der Waals surface area contributed by atoms with Crippen LogP contribution in [0.3, 0.4) is 0 Å². The maximum absolute atomic E-state index is 13.5. The number of para-hydroxylation sites is 1. The lowest BCUT2D eigenvalue weighted by molar-refractivity contribution is 0.281. The van der Waals surface area contributed by atoms with E-state index in [1.54, 1.807) is 12.1 Å². The third kappa shape index (κ3) is 3.92. The number of nitrogen functional groups attached to an aromatic ring is 1. The predicted molar refractivity (Wildman–Crippen MR) is 84.7 cm³/mol. The van der Waals surface area contributed by atoms with Crippen LogP contribution in [0.2, 0.25) is 0 Å². The van der Waals surface area contributed by atoms with Gasteiger partial charge in [0.15, 0.2) is 17.4 Å². The smallest absolute Gasteiger partial charge is 0.232 e. The summed E-state index contributed by atoms with van der Waals surface area (Å²) < 4.78 is 31.8. The summed E-state index contributed by atoms with van der Waals surface area (Å²) in [6.07, 6.45) is 0. The zero-order valence-corrected chi connectivity index (χ0v) is 12.4. The first-order chi connectivity index (χ1) is 11.6. The Hall–Kier alpha value is -3.29. The minimum Gasteiger partial charge on any atom is -0.483 e. The Labute approximate surface area is 136 Å². The molecule has 0 bridgehead atoms. The van der Waals surface area contributed by atoms with Crippen molar-refractivity contribution >= 4 is 17.6 Å². The van der Waals surface area contributed by atoms with Crippen LogP contribution in [0.1, 0.15) is 5.82 Å². The first-order valence-electron chi connectivity index (χ1n) is 7.00. The molecule has 8 heteroatoms. The molecule has 122 valence electrons. The molecule has 0 spiro atoms. The number of nitrogens with zero attached hydrogens (tertiary/aromatic N) is 3. The van der Waals surface area contributed by atoms with E-state index >= 15 is 0 Å². The minimum absolute atomic E-state index is 0.0123. The third-order valence-electron chi connectivity index (χ3n) is 2.99. The molecule has 1 aromatic heterocycles. The Kier molecular flexibility index (Phi) is 4.46. The van der Waals surface area contributed by atoms with Crippen LogP contribution in [0.25, 0.3) is 0 Å². The number of benzene rings is 2. The molecular weight excluding hydrogens is 316 g/mol. The van der Waals surface area contributed by atoms with Crippen molar-refractivity contribution in [1.82, 2.24) is 15.0 Å². The van der Waals surface area contributed by atoms with E-state index in [2.05, 4.69) is 20.3 Å². The molecule has 0 radical (unpaired) electrons. The van der Waals surface area contributed by atoms with Gasteiger partial charge in [-0.3, -0.25) is 0 Å². The lowest BCUT2D eigenvalue weighted by Crippen LogP contribution is -2.09. The highest BCUT2D eigenvalue weighted by molar-refractivity contribution is 5.53. The summed E-state index contributed by atoms with van der Waals surface area (Å²) in [5.41, 5.74) is 6.23. The highest BCUT2D eigenvalue weighted by Gasteiger charge is 2.08. The molecule has 1 heterocycles. The van der Waals surface area contributed by atoms with E-state index in [1.165, 1.54) is 36.4 Å². The molecular formula is C16H13F2N5O.